The van der Waals surface area contributed by atoms with Crippen LogP contribution in [0, 0.1) is 5.41 Å². The van der Waals surface area contributed by atoms with Gasteiger partial charge in [-0.25, -0.2) is 0 Å². The molecule has 3 nitrogen and oxygen atoms in total. The molecule has 1 aliphatic heterocycles. The predicted octanol–water partition coefficient (Wildman–Crippen LogP) is 4.20. The topological polar surface area (TPSA) is 32.3 Å². The lowest BCUT2D eigenvalue weighted by molar-refractivity contribution is -0.140. The van der Waals surface area contributed by atoms with Crippen LogP contribution >= 0.6 is 27.3 Å². The van der Waals surface area contributed by atoms with Gasteiger partial charge >= 0.3 is 0 Å². The highest BCUT2D eigenvalue weighted by Gasteiger charge is 2.30. The van der Waals surface area contributed by atoms with Gasteiger partial charge < -0.3 is 10.2 Å². The van der Waals surface area contributed by atoms with Crippen LogP contribution in [0.2, 0.25) is 0 Å². The third-order valence-electron chi connectivity index (χ3n) is 3.92. The Labute approximate surface area is 140 Å². The molecular weight excluding hydrogens is 348 g/mol. The first-order chi connectivity index (χ1) is 9.77. The lowest BCUT2D eigenvalue weighted by Crippen LogP contribution is -2.48. The van der Waals surface area contributed by atoms with Crippen molar-refractivity contribution >= 4 is 33.2 Å². The first-order valence-electron chi connectivity index (χ1n) is 7.56. The number of amides is 1. The Balaban J connectivity index is 1.83. The first kappa shape index (κ1) is 17.0. The number of likely N-dealkylation sites (tertiary alicyclic amines) is 1. The molecule has 2 heterocycles. The average Bonchev–Trinajstić information content (AvgIpc) is 2.84. The van der Waals surface area contributed by atoms with Crippen LogP contribution in [0.25, 0.3) is 0 Å². The number of carbonyl (C=O) groups is 1. The predicted molar refractivity (Wildman–Crippen MR) is 92.6 cm³/mol. The fourth-order valence-electron chi connectivity index (χ4n) is 2.71. The lowest BCUT2D eigenvalue weighted by Gasteiger charge is -2.36. The number of hydrogen-bond donors (Lipinski definition) is 1. The van der Waals surface area contributed by atoms with Crippen LogP contribution in [0.15, 0.2) is 15.9 Å². The summed E-state index contributed by atoms with van der Waals surface area (Å²) in [6, 6.07) is 3.06. The van der Waals surface area contributed by atoms with Crippen molar-refractivity contribution in [1.82, 2.24) is 10.2 Å². The third-order valence-corrected chi connectivity index (χ3v) is 5.80. The van der Waals surface area contributed by atoms with Crippen molar-refractivity contribution in [2.24, 2.45) is 5.41 Å². The van der Waals surface area contributed by atoms with Crippen molar-refractivity contribution in [3.05, 3.63) is 20.8 Å². The van der Waals surface area contributed by atoms with E-state index in [1.165, 1.54) is 4.88 Å². The summed E-state index contributed by atoms with van der Waals surface area (Å²) in [5.41, 5.74) is -0.267. The van der Waals surface area contributed by atoms with Crippen molar-refractivity contribution in [2.75, 3.05) is 13.1 Å². The number of hydrogen-bond acceptors (Lipinski definition) is 3. The molecule has 1 fully saturated rings. The SMILES string of the molecule is CC(NC1CCN(C(=O)C(C)(C)C)CC1)c1cc(Br)cs1. The van der Waals surface area contributed by atoms with E-state index < -0.39 is 0 Å². The second kappa shape index (κ2) is 6.80. The Bertz CT molecular complexity index is 487. The van der Waals surface area contributed by atoms with Gasteiger partial charge in [-0.3, -0.25) is 4.79 Å². The van der Waals surface area contributed by atoms with Gasteiger partial charge in [0, 0.05) is 45.3 Å². The van der Waals surface area contributed by atoms with Crippen LogP contribution in [0.5, 0.6) is 0 Å². The highest BCUT2D eigenvalue weighted by atomic mass is 79.9. The van der Waals surface area contributed by atoms with Gasteiger partial charge in [0.25, 0.3) is 0 Å². The van der Waals surface area contributed by atoms with Gasteiger partial charge in [0.05, 0.1) is 0 Å². The Morgan fingerprint density at radius 3 is 2.52 bits per heavy atom. The number of nitrogens with one attached hydrogen (secondary N) is 1. The van der Waals surface area contributed by atoms with Gasteiger partial charge in [0.2, 0.25) is 5.91 Å². The summed E-state index contributed by atoms with van der Waals surface area (Å²) in [6.07, 6.45) is 2.08. The molecule has 1 amide bonds. The van der Waals surface area contributed by atoms with E-state index in [0.717, 1.165) is 30.4 Å². The van der Waals surface area contributed by atoms with Crippen LogP contribution in [0.3, 0.4) is 0 Å². The number of nitrogens with zero attached hydrogens (tertiary/aromatic N) is 1. The Morgan fingerprint density at radius 2 is 2.05 bits per heavy atom. The normalized spacial score (nSPS) is 18.8. The molecule has 5 heteroatoms. The van der Waals surface area contributed by atoms with Crippen molar-refractivity contribution in [3.63, 3.8) is 0 Å². The van der Waals surface area contributed by atoms with Gasteiger partial charge in [-0.2, -0.15) is 0 Å². The van der Waals surface area contributed by atoms with E-state index in [4.69, 9.17) is 0 Å². The molecule has 0 radical (unpaired) electrons. The monoisotopic (exact) mass is 372 g/mol. The van der Waals surface area contributed by atoms with E-state index >= 15 is 0 Å². The molecule has 21 heavy (non-hydrogen) atoms. The summed E-state index contributed by atoms with van der Waals surface area (Å²) < 4.78 is 1.15. The maximum atomic E-state index is 12.3. The van der Waals surface area contributed by atoms with Gasteiger partial charge in [-0.1, -0.05) is 20.8 Å². The van der Waals surface area contributed by atoms with Gasteiger partial charge in [0.15, 0.2) is 0 Å². The zero-order chi connectivity index (χ0) is 15.6. The highest BCUT2D eigenvalue weighted by molar-refractivity contribution is 9.10. The fraction of sp³-hybridized carbons (Fsp3) is 0.688. The molecule has 0 aromatic carbocycles. The second-order valence-electron chi connectivity index (χ2n) is 6.87. The molecule has 2 rings (SSSR count). The maximum Gasteiger partial charge on any atom is 0.227 e. The summed E-state index contributed by atoms with van der Waals surface area (Å²) in [7, 11) is 0. The smallest absolute Gasteiger partial charge is 0.227 e. The number of rotatable bonds is 3. The molecule has 118 valence electrons. The molecular formula is C16H25BrN2OS. The number of halogens is 1. The molecule has 0 aliphatic carbocycles. The second-order valence-corrected chi connectivity index (χ2v) is 8.73. The number of carbonyl (C=O) groups excluding carboxylic acids is 1. The fourth-order valence-corrected chi connectivity index (χ4v) is 4.18. The lowest BCUT2D eigenvalue weighted by atomic mass is 9.93. The molecule has 1 atom stereocenters. The van der Waals surface area contributed by atoms with Crippen LogP contribution in [0.4, 0.5) is 0 Å². The molecule has 1 aliphatic rings. The first-order valence-corrected chi connectivity index (χ1v) is 9.24. The summed E-state index contributed by atoms with van der Waals surface area (Å²) in [5.74, 6) is 0.274. The number of piperidine rings is 1. The molecule has 1 N–H and O–H groups in total. The highest BCUT2D eigenvalue weighted by Crippen LogP contribution is 2.27. The molecule has 1 aromatic heterocycles. The largest absolute Gasteiger partial charge is 0.342 e. The van der Waals surface area contributed by atoms with E-state index in [9.17, 15) is 4.79 Å². The Morgan fingerprint density at radius 1 is 1.43 bits per heavy atom. The minimum atomic E-state index is -0.267. The van der Waals surface area contributed by atoms with E-state index in [0.29, 0.717) is 12.1 Å². The molecule has 1 saturated heterocycles. The van der Waals surface area contributed by atoms with E-state index in [1.54, 1.807) is 11.3 Å². The van der Waals surface area contributed by atoms with Crippen molar-refractivity contribution in [2.45, 2.75) is 52.6 Å². The molecule has 0 saturated carbocycles. The van der Waals surface area contributed by atoms with Crippen LogP contribution in [-0.4, -0.2) is 29.9 Å². The minimum Gasteiger partial charge on any atom is -0.342 e. The van der Waals surface area contributed by atoms with Crippen LogP contribution in [0.1, 0.15) is 51.5 Å². The van der Waals surface area contributed by atoms with E-state index in [-0.39, 0.29) is 11.3 Å². The molecule has 1 aromatic rings. The molecule has 0 bridgehead atoms. The molecule has 1 unspecified atom stereocenters. The van der Waals surface area contributed by atoms with Crippen molar-refractivity contribution < 1.29 is 4.79 Å². The van der Waals surface area contributed by atoms with E-state index in [1.807, 2.05) is 25.7 Å². The van der Waals surface area contributed by atoms with Crippen LogP contribution in [-0.2, 0) is 4.79 Å². The van der Waals surface area contributed by atoms with Gasteiger partial charge in [-0.05, 0) is 41.8 Å². The quantitative estimate of drug-likeness (QED) is 0.861. The average molecular weight is 373 g/mol. The summed E-state index contributed by atoms with van der Waals surface area (Å²) in [6.45, 7) is 9.94. The number of thiophene rings is 1. The maximum absolute atomic E-state index is 12.3. The standard InChI is InChI=1S/C16H25BrN2OS/c1-11(14-9-12(17)10-21-14)18-13-5-7-19(8-6-13)15(20)16(2,3)4/h9-11,13,18H,5-8H2,1-4H3. The van der Waals surface area contributed by atoms with Crippen molar-refractivity contribution in [3.8, 4) is 0 Å². The molecule has 0 spiro atoms. The summed E-state index contributed by atoms with van der Waals surface area (Å²) >= 11 is 5.29. The van der Waals surface area contributed by atoms with Gasteiger partial charge in [0.1, 0.15) is 0 Å². The zero-order valence-corrected chi connectivity index (χ0v) is 15.7. The van der Waals surface area contributed by atoms with Crippen molar-refractivity contribution in [1.29, 1.82) is 0 Å². The Kier molecular flexibility index (Phi) is 5.49. The zero-order valence-electron chi connectivity index (χ0n) is 13.3. The van der Waals surface area contributed by atoms with E-state index in [2.05, 4.69) is 39.6 Å². The van der Waals surface area contributed by atoms with Crippen LogP contribution < -0.4 is 5.32 Å². The summed E-state index contributed by atoms with van der Waals surface area (Å²) in [5, 5.41) is 5.82. The summed E-state index contributed by atoms with van der Waals surface area (Å²) in [4.78, 5) is 15.6. The van der Waals surface area contributed by atoms with Gasteiger partial charge in [-0.15, -0.1) is 11.3 Å². The Hall–Kier alpha value is -0.390. The minimum absolute atomic E-state index is 0.267. The third kappa shape index (κ3) is 4.54.